The van der Waals surface area contributed by atoms with Crippen LogP contribution in [0.15, 0.2) is 0 Å². The van der Waals surface area contributed by atoms with Gasteiger partial charge < -0.3 is 5.73 Å². The topological polar surface area (TPSA) is 32.5 Å². The first kappa shape index (κ1) is 13.3. The molecule has 2 rings (SSSR count). The molecule has 2 unspecified atom stereocenters. The largest absolute Gasteiger partial charge is 0.329 e. The predicted molar refractivity (Wildman–Crippen MR) is 73.2 cm³/mol. The summed E-state index contributed by atoms with van der Waals surface area (Å²) in [5.41, 5.74) is 6.50. The lowest BCUT2D eigenvalue weighted by Gasteiger charge is -2.47. The van der Waals surface area contributed by atoms with Crippen molar-refractivity contribution in [3.8, 4) is 0 Å². The second kappa shape index (κ2) is 5.68. The molecule has 3 nitrogen and oxygen atoms in total. The lowest BCUT2D eigenvalue weighted by atomic mass is 9.83. The third-order valence-corrected chi connectivity index (χ3v) is 4.92. The number of piperidine rings is 1. The smallest absolute Gasteiger partial charge is 0.0498 e. The Balaban J connectivity index is 2.17. The van der Waals surface area contributed by atoms with Crippen LogP contribution in [0.4, 0.5) is 0 Å². The average Bonchev–Trinajstić information content (AvgIpc) is 2.76. The lowest BCUT2D eigenvalue weighted by Crippen LogP contribution is -2.61. The number of hydrogen-bond donors (Lipinski definition) is 1. The van der Waals surface area contributed by atoms with Gasteiger partial charge in [0.05, 0.1) is 0 Å². The molecule has 2 heterocycles. The molecule has 17 heavy (non-hydrogen) atoms. The molecule has 0 aromatic heterocycles. The van der Waals surface area contributed by atoms with E-state index in [4.69, 9.17) is 5.73 Å². The minimum atomic E-state index is 0.283. The fraction of sp³-hybridized carbons (Fsp3) is 1.00. The van der Waals surface area contributed by atoms with Crippen LogP contribution in [0.5, 0.6) is 0 Å². The van der Waals surface area contributed by atoms with Crippen molar-refractivity contribution in [2.45, 2.75) is 57.5 Å². The molecule has 0 aromatic carbocycles. The minimum Gasteiger partial charge on any atom is -0.329 e. The summed E-state index contributed by atoms with van der Waals surface area (Å²) in [7, 11) is 0. The lowest BCUT2D eigenvalue weighted by molar-refractivity contribution is 0.0410. The molecule has 2 atom stereocenters. The molecule has 100 valence electrons. The summed E-state index contributed by atoms with van der Waals surface area (Å²) in [4.78, 5) is 5.37. The van der Waals surface area contributed by atoms with Gasteiger partial charge in [0, 0.05) is 24.7 Å². The number of hydrogen-bond acceptors (Lipinski definition) is 3. The molecular formula is C14H29N3. The van der Waals surface area contributed by atoms with Crippen LogP contribution >= 0.6 is 0 Å². The van der Waals surface area contributed by atoms with Crippen molar-refractivity contribution in [1.82, 2.24) is 9.80 Å². The molecule has 2 saturated heterocycles. The van der Waals surface area contributed by atoms with Gasteiger partial charge in [-0.05, 0) is 45.3 Å². The SMILES string of the molecule is CCCN(CC)C1(CN)CCN2CCCCC21. The third-order valence-electron chi connectivity index (χ3n) is 4.92. The van der Waals surface area contributed by atoms with Gasteiger partial charge in [0.15, 0.2) is 0 Å². The molecule has 2 aliphatic heterocycles. The van der Waals surface area contributed by atoms with E-state index < -0.39 is 0 Å². The summed E-state index contributed by atoms with van der Waals surface area (Å²) < 4.78 is 0. The Labute approximate surface area is 106 Å². The first-order valence-electron chi connectivity index (χ1n) is 7.47. The Morgan fingerprint density at radius 3 is 2.76 bits per heavy atom. The van der Waals surface area contributed by atoms with Crippen molar-refractivity contribution in [3.63, 3.8) is 0 Å². The van der Waals surface area contributed by atoms with Crippen LogP contribution in [0.1, 0.15) is 46.0 Å². The van der Waals surface area contributed by atoms with Crippen molar-refractivity contribution >= 4 is 0 Å². The van der Waals surface area contributed by atoms with Gasteiger partial charge in [0.2, 0.25) is 0 Å². The van der Waals surface area contributed by atoms with E-state index in [-0.39, 0.29) is 5.54 Å². The van der Waals surface area contributed by atoms with Gasteiger partial charge in [-0.1, -0.05) is 20.3 Å². The number of rotatable bonds is 5. The Morgan fingerprint density at radius 2 is 2.12 bits per heavy atom. The maximum absolute atomic E-state index is 6.21. The zero-order valence-electron chi connectivity index (χ0n) is 11.6. The monoisotopic (exact) mass is 239 g/mol. The molecule has 0 aliphatic carbocycles. The summed E-state index contributed by atoms with van der Waals surface area (Å²) in [6.07, 6.45) is 6.66. The van der Waals surface area contributed by atoms with E-state index in [1.165, 1.54) is 51.7 Å². The van der Waals surface area contributed by atoms with Crippen LogP contribution in [0.3, 0.4) is 0 Å². The summed E-state index contributed by atoms with van der Waals surface area (Å²) in [5.74, 6) is 0. The highest BCUT2D eigenvalue weighted by atomic mass is 15.3. The van der Waals surface area contributed by atoms with Crippen LogP contribution in [-0.4, -0.2) is 54.1 Å². The van der Waals surface area contributed by atoms with Crippen LogP contribution in [0, 0.1) is 0 Å². The van der Waals surface area contributed by atoms with E-state index in [1.807, 2.05) is 0 Å². The third kappa shape index (κ3) is 2.25. The zero-order valence-corrected chi connectivity index (χ0v) is 11.6. The highest BCUT2D eigenvalue weighted by Gasteiger charge is 2.49. The summed E-state index contributed by atoms with van der Waals surface area (Å²) in [6, 6.07) is 0.729. The van der Waals surface area contributed by atoms with Gasteiger partial charge in [-0.3, -0.25) is 9.80 Å². The average molecular weight is 239 g/mol. The van der Waals surface area contributed by atoms with Crippen molar-refractivity contribution < 1.29 is 0 Å². The molecule has 0 spiro atoms. The van der Waals surface area contributed by atoms with E-state index in [0.29, 0.717) is 0 Å². The van der Waals surface area contributed by atoms with Crippen molar-refractivity contribution in [3.05, 3.63) is 0 Å². The second-order valence-electron chi connectivity index (χ2n) is 5.68. The van der Waals surface area contributed by atoms with E-state index in [1.54, 1.807) is 0 Å². The van der Waals surface area contributed by atoms with E-state index in [2.05, 4.69) is 23.6 Å². The molecule has 2 aliphatic rings. The van der Waals surface area contributed by atoms with Gasteiger partial charge in [-0.25, -0.2) is 0 Å². The number of likely N-dealkylation sites (N-methyl/N-ethyl adjacent to an activating group) is 1. The highest BCUT2D eigenvalue weighted by molar-refractivity contribution is 5.08. The standard InChI is InChI=1S/C14H29N3/c1-3-9-17(4-2)14(12-15)8-11-16-10-6-5-7-13(14)16/h13H,3-12,15H2,1-2H3. The Bertz CT molecular complexity index is 244. The van der Waals surface area contributed by atoms with E-state index in [9.17, 15) is 0 Å². The van der Waals surface area contributed by atoms with E-state index in [0.717, 1.165) is 19.1 Å². The fourth-order valence-corrected chi connectivity index (χ4v) is 4.07. The Kier molecular flexibility index (Phi) is 4.45. The first-order chi connectivity index (χ1) is 8.28. The molecule has 0 radical (unpaired) electrons. The van der Waals surface area contributed by atoms with E-state index >= 15 is 0 Å². The fourth-order valence-electron chi connectivity index (χ4n) is 4.07. The molecule has 0 bridgehead atoms. The van der Waals surface area contributed by atoms with Gasteiger partial charge in [0.1, 0.15) is 0 Å². The molecular weight excluding hydrogens is 210 g/mol. The van der Waals surface area contributed by atoms with Crippen molar-refractivity contribution in [2.75, 3.05) is 32.7 Å². The number of fused-ring (bicyclic) bond motifs is 1. The predicted octanol–water partition coefficient (Wildman–Crippen LogP) is 1.67. The minimum absolute atomic E-state index is 0.283. The van der Waals surface area contributed by atoms with Crippen molar-refractivity contribution in [1.29, 1.82) is 0 Å². The van der Waals surface area contributed by atoms with Crippen molar-refractivity contribution in [2.24, 2.45) is 5.73 Å². The summed E-state index contributed by atoms with van der Waals surface area (Å²) in [6.45, 7) is 10.3. The molecule has 2 N–H and O–H groups in total. The van der Waals surface area contributed by atoms with Crippen LogP contribution < -0.4 is 5.73 Å². The Hall–Kier alpha value is -0.120. The number of nitrogens with zero attached hydrogens (tertiary/aromatic N) is 2. The van der Waals surface area contributed by atoms with Gasteiger partial charge in [-0.15, -0.1) is 0 Å². The molecule has 0 amide bonds. The van der Waals surface area contributed by atoms with Crippen LogP contribution in [-0.2, 0) is 0 Å². The summed E-state index contributed by atoms with van der Waals surface area (Å²) >= 11 is 0. The van der Waals surface area contributed by atoms with Gasteiger partial charge in [0.25, 0.3) is 0 Å². The maximum atomic E-state index is 6.21. The second-order valence-corrected chi connectivity index (χ2v) is 5.68. The van der Waals surface area contributed by atoms with Crippen LogP contribution in [0.25, 0.3) is 0 Å². The summed E-state index contributed by atoms with van der Waals surface area (Å²) in [5, 5.41) is 0. The quantitative estimate of drug-likeness (QED) is 0.792. The normalized spacial score (nSPS) is 34.2. The zero-order chi connectivity index (χ0) is 12.3. The van der Waals surface area contributed by atoms with Gasteiger partial charge >= 0.3 is 0 Å². The molecule has 0 aromatic rings. The Morgan fingerprint density at radius 1 is 1.29 bits per heavy atom. The maximum Gasteiger partial charge on any atom is 0.0498 e. The van der Waals surface area contributed by atoms with Crippen LogP contribution in [0.2, 0.25) is 0 Å². The number of nitrogens with two attached hydrogens (primary N) is 1. The highest BCUT2D eigenvalue weighted by Crippen LogP contribution is 2.38. The molecule has 3 heteroatoms. The molecule has 0 saturated carbocycles. The van der Waals surface area contributed by atoms with Gasteiger partial charge in [-0.2, -0.15) is 0 Å². The first-order valence-corrected chi connectivity index (χ1v) is 7.47. The molecule has 2 fully saturated rings.